The SMILES string of the molecule is CC1CCN(c2ncnc3cccc(-c4ccc(Cl)c(Cl)c4)c23)CC1C(=O)O. The van der Waals surface area contributed by atoms with E-state index >= 15 is 0 Å². The van der Waals surface area contributed by atoms with Crippen molar-refractivity contribution in [3.05, 3.63) is 52.8 Å². The quantitative estimate of drug-likeness (QED) is 0.640. The molecule has 144 valence electrons. The van der Waals surface area contributed by atoms with Crippen molar-refractivity contribution in [2.24, 2.45) is 11.8 Å². The van der Waals surface area contributed by atoms with Gasteiger partial charge in [-0.1, -0.05) is 48.3 Å². The van der Waals surface area contributed by atoms with Crippen molar-refractivity contribution in [1.29, 1.82) is 0 Å². The topological polar surface area (TPSA) is 66.3 Å². The number of anilines is 1. The Morgan fingerprint density at radius 3 is 2.75 bits per heavy atom. The maximum Gasteiger partial charge on any atom is 0.308 e. The number of hydrogen-bond donors (Lipinski definition) is 1. The minimum Gasteiger partial charge on any atom is -0.481 e. The van der Waals surface area contributed by atoms with Crippen molar-refractivity contribution < 1.29 is 9.90 Å². The minimum atomic E-state index is -0.764. The first kappa shape index (κ1) is 19.0. The summed E-state index contributed by atoms with van der Waals surface area (Å²) >= 11 is 12.3. The van der Waals surface area contributed by atoms with E-state index in [1.165, 1.54) is 6.33 Å². The van der Waals surface area contributed by atoms with Gasteiger partial charge in [-0.05, 0) is 41.7 Å². The van der Waals surface area contributed by atoms with Crippen LogP contribution in [0.25, 0.3) is 22.0 Å². The molecule has 0 aliphatic carbocycles. The smallest absolute Gasteiger partial charge is 0.308 e. The second-order valence-electron chi connectivity index (χ2n) is 7.18. The standard InChI is InChI=1S/C21H19Cl2N3O2/c1-12-7-8-26(10-15(12)21(27)28)20-19-14(3-2-4-18(19)24-11-25-20)13-5-6-16(22)17(23)9-13/h2-6,9,11-12,15H,7-8,10H2,1H3,(H,27,28). The summed E-state index contributed by atoms with van der Waals surface area (Å²) in [5.74, 6) is -0.294. The van der Waals surface area contributed by atoms with Gasteiger partial charge in [-0.2, -0.15) is 0 Å². The zero-order valence-corrected chi connectivity index (χ0v) is 16.8. The van der Waals surface area contributed by atoms with Crippen LogP contribution in [0.5, 0.6) is 0 Å². The highest BCUT2D eigenvalue weighted by Gasteiger charge is 2.33. The van der Waals surface area contributed by atoms with Crippen molar-refractivity contribution in [3.63, 3.8) is 0 Å². The molecule has 2 unspecified atom stereocenters. The highest BCUT2D eigenvalue weighted by Crippen LogP contribution is 2.37. The van der Waals surface area contributed by atoms with Crippen molar-refractivity contribution in [2.45, 2.75) is 13.3 Å². The molecule has 0 amide bonds. The van der Waals surface area contributed by atoms with Gasteiger partial charge in [0.15, 0.2) is 0 Å². The minimum absolute atomic E-state index is 0.136. The van der Waals surface area contributed by atoms with Crippen molar-refractivity contribution >= 4 is 45.9 Å². The van der Waals surface area contributed by atoms with Crippen LogP contribution in [0.15, 0.2) is 42.7 Å². The van der Waals surface area contributed by atoms with E-state index < -0.39 is 11.9 Å². The number of halogens is 2. The van der Waals surface area contributed by atoms with Gasteiger partial charge in [-0.25, -0.2) is 9.97 Å². The Morgan fingerprint density at radius 1 is 1.18 bits per heavy atom. The van der Waals surface area contributed by atoms with E-state index in [0.29, 0.717) is 16.6 Å². The number of benzene rings is 2. The lowest BCUT2D eigenvalue weighted by Crippen LogP contribution is -2.43. The average molecular weight is 416 g/mol. The van der Waals surface area contributed by atoms with Gasteiger partial charge in [0.1, 0.15) is 12.1 Å². The van der Waals surface area contributed by atoms with Gasteiger partial charge in [0, 0.05) is 13.1 Å². The first-order valence-corrected chi connectivity index (χ1v) is 9.88. The van der Waals surface area contributed by atoms with Crippen LogP contribution in [0, 0.1) is 11.8 Å². The van der Waals surface area contributed by atoms with Gasteiger partial charge in [0.25, 0.3) is 0 Å². The van der Waals surface area contributed by atoms with Crippen LogP contribution in [-0.4, -0.2) is 34.1 Å². The van der Waals surface area contributed by atoms with Crippen molar-refractivity contribution in [1.82, 2.24) is 9.97 Å². The highest BCUT2D eigenvalue weighted by atomic mass is 35.5. The van der Waals surface area contributed by atoms with E-state index in [1.807, 2.05) is 37.3 Å². The van der Waals surface area contributed by atoms with E-state index in [-0.39, 0.29) is 5.92 Å². The summed E-state index contributed by atoms with van der Waals surface area (Å²) in [4.78, 5) is 22.7. The summed E-state index contributed by atoms with van der Waals surface area (Å²) in [6.07, 6.45) is 2.33. The zero-order valence-electron chi connectivity index (χ0n) is 15.3. The molecule has 2 atom stereocenters. The Kier molecular flexibility index (Phi) is 5.13. The summed E-state index contributed by atoms with van der Waals surface area (Å²) in [7, 11) is 0. The van der Waals surface area contributed by atoms with Crippen LogP contribution in [0.2, 0.25) is 10.0 Å². The fourth-order valence-corrected chi connectivity index (χ4v) is 4.12. The summed E-state index contributed by atoms with van der Waals surface area (Å²) in [5.41, 5.74) is 2.66. The molecule has 1 aliphatic heterocycles. The Morgan fingerprint density at radius 2 is 2.00 bits per heavy atom. The van der Waals surface area contributed by atoms with Gasteiger partial charge in [0.2, 0.25) is 0 Å². The van der Waals surface area contributed by atoms with Gasteiger partial charge in [-0.15, -0.1) is 0 Å². The zero-order chi connectivity index (χ0) is 19.8. The number of carboxylic acid groups (broad SMARTS) is 1. The first-order chi connectivity index (χ1) is 13.5. The Bertz CT molecular complexity index is 1050. The second-order valence-corrected chi connectivity index (χ2v) is 8.00. The number of aliphatic carboxylic acids is 1. The van der Waals surface area contributed by atoms with Crippen LogP contribution >= 0.6 is 23.2 Å². The van der Waals surface area contributed by atoms with Gasteiger partial charge < -0.3 is 10.0 Å². The number of rotatable bonds is 3. The Labute approximate surface area is 172 Å². The van der Waals surface area contributed by atoms with Crippen molar-refractivity contribution in [2.75, 3.05) is 18.0 Å². The number of fused-ring (bicyclic) bond motifs is 1. The van der Waals surface area contributed by atoms with Gasteiger partial charge in [0.05, 0.1) is 26.9 Å². The Hall–Kier alpha value is -2.37. The molecule has 7 heteroatoms. The molecular weight excluding hydrogens is 397 g/mol. The molecule has 2 aromatic carbocycles. The highest BCUT2D eigenvalue weighted by molar-refractivity contribution is 6.42. The Balaban J connectivity index is 1.86. The van der Waals surface area contributed by atoms with E-state index in [0.717, 1.165) is 40.8 Å². The lowest BCUT2D eigenvalue weighted by molar-refractivity contribution is -0.143. The molecule has 5 nitrogen and oxygen atoms in total. The van der Waals surface area contributed by atoms with Crippen LogP contribution < -0.4 is 4.90 Å². The molecule has 3 aromatic rings. The number of piperidine rings is 1. The molecule has 28 heavy (non-hydrogen) atoms. The molecule has 0 bridgehead atoms. The third kappa shape index (κ3) is 3.40. The van der Waals surface area contributed by atoms with Gasteiger partial charge in [-0.3, -0.25) is 4.79 Å². The summed E-state index contributed by atoms with van der Waals surface area (Å²) in [5, 5.41) is 11.5. The predicted octanol–water partition coefficient (Wildman–Crippen LogP) is 5.15. The van der Waals surface area contributed by atoms with E-state index in [4.69, 9.17) is 23.2 Å². The van der Waals surface area contributed by atoms with Gasteiger partial charge >= 0.3 is 5.97 Å². The van der Waals surface area contributed by atoms with Crippen LogP contribution in [-0.2, 0) is 4.79 Å². The number of nitrogens with zero attached hydrogens (tertiary/aromatic N) is 3. The summed E-state index contributed by atoms with van der Waals surface area (Å²) in [6, 6.07) is 11.4. The molecular formula is C21H19Cl2N3O2. The predicted molar refractivity (Wildman–Crippen MR) is 112 cm³/mol. The van der Waals surface area contributed by atoms with E-state index in [2.05, 4.69) is 14.9 Å². The maximum absolute atomic E-state index is 11.7. The third-order valence-electron chi connectivity index (χ3n) is 5.45. The fraction of sp³-hybridized carbons (Fsp3) is 0.286. The number of carbonyl (C=O) groups is 1. The second kappa shape index (κ2) is 7.57. The van der Waals surface area contributed by atoms with Crippen LogP contribution in [0.1, 0.15) is 13.3 Å². The molecule has 1 fully saturated rings. The normalized spacial score (nSPS) is 19.8. The van der Waals surface area contributed by atoms with Crippen LogP contribution in [0.3, 0.4) is 0 Å². The first-order valence-electron chi connectivity index (χ1n) is 9.12. The van der Waals surface area contributed by atoms with E-state index in [9.17, 15) is 9.90 Å². The number of carboxylic acids is 1. The maximum atomic E-state index is 11.7. The molecule has 0 spiro atoms. The average Bonchev–Trinajstić information content (AvgIpc) is 2.69. The van der Waals surface area contributed by atoms with Crippen LogP contribution in [0.4, 0.5) is 5.82 Å². The molecule has 1 aliphatic rings. The molecule has 2 heterocycles. The lowest BCUT2D eigenvalue weighted by Gasteiger charge is -2.36. The molecule has 0 radical (unpaired) electrons. The van der Waals surface area contributed by atoms with E-state index in [1.54, 1.807) is 6.07 Å². The number of hydrogen-bond acceptors (Lipinski definition) is 4. The molecule has 4 rings (SSSR count). The third-order valence-corrected chi connectivity index (χ3v) is 6.19. The molecule has 1 aromatic heterocycles. The van der Waals surface area contributed by atoms with Crippen molar-refractivity contribution in [3.8, 4) is 11.1 Å². The fourth-order valence-electron chi connectivity index (χ4n) is 3.82. The monoisotopic (exact) mass is 415 g/mol. The largest absolute Gasteiger partial charge is 0.481 e. The lowest BCUT2D eigenvalue weighted by atomic mass is 9.87. The summed E-state index contributed by atoms with van der Waals surface area (Å²) < 4.78 is 0. The molecule has 0 saturated carbocycles. The summed E-state index contributed by atoms with van der Waals surface area (Å²) in [6.45, 7) is 3.18. The molecule has 1 saturated heterocycles. The molecule has 1 N–H and O–H groups in total. The number of aromatic nitrogens is 2.